The van der Waals surface area contributed by atoms with E-state index in [9.17, 15) is 0 Å². The Kier molecular flexibility index (Phi) is 11.4. The minimum Gasteiger partial charge on any atom is -0.357 e. The van der Waals surface area contributed by atoms with Crippen LogP contribution >= 0.6 is 47.3 Å². The summed E-state index contributed by atoms with van der Waals surface area (Å²) in [4.78, 5) is 4.55. The molecule has 0 aromatic heterocycles. The van der Waals surface area contributed by atoms with E-state index in [4.69, 9.17) is 11.6 Å². The second-order valence-electron chi connectivity index (χ2n) is 4.21. The summed E-state index contributed by atoms with van der Waals surface area (Å²) in [6.45, 7) is 6.58. The first kappa shape index (κ1) is 19.9. The molecule has 20 heavy (non-hydrogen) atoms. The summed E-state index contributed by atoms with van der Waals surface area (Å²) >= 11 is 7.96. The lowest BCUT2D eigenvalue weighted by atomic mass is 10.2. The average Bonchev–Trinajstić information content (AvgIpc) is 2.43. The van der Waals surface area contributed by atoms with Gasteiger partial charge in [-0.3, -0.25) is 0 Å². The molecule has 1 unspecified atom stereocenters. The predicted octanol–water partition coefficient (Wildman–Crippen LogP) is 3.76. The van der Waals surface area contributed by atoms with E-state index >= 15 is 0 Å². The second kappa shape index (κ2) is 11.5. The van der Waals surface area contributed by atoms with E-state index < -0.39 is 0 Å². The Balaban J connectivity index is 0.00000361. The molecule has 0 spiro atoms. The fourth-order valence-electron chi connectivity index (χ4n) is 1.46. The number of rotatable bonds is 6. The van der Waals surface area contributed by atoms with Crippen LogP contribution in [0.5, 0.6) is 0 Å². The number of aliphatic imine (C=N–C) groups is 1. The first-order valence-electron chi connectivity index (χ1n) is 6.45. The summed E-state index contributed by atoms with van der Waals surface area (Å²) in [6, 6.07) is 7.80. The van der Waals surface area contributed by atoms with Gasteiger partial charge in [-0.15, -0.1) is 24.0 Å². The molecule has 0 radical (unpaired) electrons. The Hall–Kier alpha value is -0.140. The highest BCUT2D eigenvalue weighted by atomic mass is 127. The molecule has 3 nitrogen and oxygen atoms in total. The number of guanidine groups is 1. The van der Waals surface area contributed by atoms with Crippen molar-refractivity contribution in [2.45, 2.75) is 25.6 Å². The molecule has 0 amide bonds. The molecular weight excluding hydrogens is 405 g/mol. The molecule has 0 fully saturated rings. The maximum absolute atomic E-state index is 6.12. The zero-order valence-corrected chi connectivity index (χ0v) is 16.1. The summed E-state index contributed by atoms with van der Waals surface area (Å²) in [5, 5.41) is 7.90. The van der Waals surface area contributed by atoms with Gasteiger partial charge in [0.25, 0.3) is 0 Å². The van der Waals surface area contributed by atoms with Crippen molar-refractivity contribution < 1.29 is 0 Å². The largest absolute Gasteiger partial charge is 0.357 e. The summed E-state index contributed by atoms with van der Waals surface area (Å²) in [5.74, 6) is 0.836. The lowest BCUT2D eigenvalue weighted by Gasteiger charge is -2.14. The van der Waals surface area contributed by atoms with Crippen molar-refractivity contribution in [3.05, 3.63) is 34.9 Å². The lowest BCUT2D eigenvalue weighted by Crippen LogP contribution is -2.40. The summed E-state index contributed by atoms with van der Waals surface area (Å²) in [7, 11) is 0. The van der Waals surface area contributed by atoms with Crippen molar-refractivity contribution in [1.82, 2.24) is 10.6 Å². The number of nitrogens with zero attached hydrogens (tertiary/aromatic N) is 1. The Labute approximate surface area is 148 Å². The molecule has 0 heterocycles. The van der Waals surface area contributed by atoms with Crippen molar-refractivity contribution in [3.8, 4) is 0 Å². The molecule has 2 N–H and O–H groups in total. The van der Waals surface area contributed by atoms with Crippen LogP contribution in [0.25, 0.3) is 0 Å². The van der Waals surface area contributed by atoms with E-state index in [0.717, 1.165) is 29.6 Å². The first-order valence-corrected chi connectivity index (χ1v) is 8.12. The van der Waals surface area contributed by atoms with E-state index in [-0.39, 0.29) is 24.0 Å². The number of benzene rings is 1. The predicted molar refractivity (Wildman–Crippen MR) is 103 cm³/mol. The highest BCUT2D eigenvalue weighted by molar-refractivity contribution is 14.0. The molecule has 114 valence electrons. The van der Waals surface area contributed by atoms with Gasteiger partial charge in [-0.1, -0.05) is 36.7 Å². The fraction of sp³-hybridized carbons (Fsp3) is 0.500. The van der Waals surface area contributed by atoms with E-state index in [1.807, 2.05) is 36.0 Å². The van der Waals surface area contributed by atoms with Gasteiger partial charge in [0.2, 0.25) is 0 Å². The Morgan fingerprint density at radius 2 is 2.05 bits per heavy atom. The van der Waals surface area contributed by atoms with E-state index in [2.05, 4.69) is 35.7 Å². The van der Waals surface area contributed by atoms with Crippen molar-refractivity contribution in [1.29, 1.82) is 0 Å². The van der Waals surface area contributed by atoms with Gasteiger partial charge in [-0.2, -0.15) is 11.8 Å². The maximum Gasteiger partial charge on any atom is 0.191 e. The summed E-state index contributed by atoms with van der Waals surface area (Å²) in [5.41, 5.74) is 1.04. The van der Waals surface area contributed by atoms with Crippen LogP contribution in [0, 0.1) is 0 Å². The number of nitrogens with one attached hydrogen (secondary N) is 2. The Bertz CT molecular complexity index is 415. The zero-order valence-electron chi connectivity index (χ0n) is 12.1. The number of hydrogen-bond acceptors (Lipinski definition) is 2. The van der Waals surface area contributed by atoms with E-state index in [0.29, 0.717) is 11.8 Å². The molecule has 6 heteroatoms. The summed E-state index contributed by atoms with van der Waals surface area (Å²) in [6.07, 6.45) is 2.11. The molecule has 0 saturated carbocycles. The zero-order chi connectivity index (χ0) is 14.1. The maximum atomic E-state index is 6.12. The van der Waals surface area contributed by atoms with E-state index in [1.54, 1.807) is 0 Å². The first-order chi connectivity index (χ1) is 9.17. The van der Waals surface area contributed by atoms with Gasteiger partial charge in [0, 0.05) is 23.4 Å². The van der Waals surface area contributed by atoms with Gasteiger partial charge in [-0.25, -0.2) is 4.99 Å². The smallest absolute Gasteiger partial charge is 0.191 e. The average molecular weight is 428 g/mol. The third-order valence-electron chi connectivity index (χ3n) is 2.67. The molecule has 1 atom stereocenters. The molecule has 0 saturated heterocycles. The van der Waals surface area contributed by atoms with Gasteiger partial charge < -0.3 is 10.6 Å². The van der Waals surface area contributed by atoms with Crippen LogP contribution in [0.3, 0.4) is 0 Å². The third kappa shape index (κ3) is 7.59. The summed E-state index contributed by atoms with van der Waals surface area (Å²) < 4.78 is 0. The minimum atomic E-state index is 0. The number of halogens is 2. The van der Waals surface area contributed by atoms with Gasteiger partial charge in [0.15, 0.2) is 5.96 Å². The monoisotopic (exact) mass is 427 g/mol. The Morgan fingerprint density at radius 1 is 1.35 bits per heavy atom. The molecule has 1 rings (SSSR count). The molecule has 1 aromatic carbocycles. The SMILES string of the molecule is CCNC(=NCc1ccccc1Cl)NCC(C)SC.I. The van der Waals surface area contributed by atoms with Gasteiger partial charge >= 0.3 is 0 Å². The molecule has 1 aromatic rings. The van der Waals surface area contributed by atoms with Crippen LogP contribution in [0.15, 0.2) is 29.3 Å². The molecule has 0 aliphatic carbocycles. The Morgan fingerprint density at radius 3 is 2.65 bits per heavy atom. The molecular formula is C14H23ClIN3S. The molecule has 0 aliphatic heterocycles. The van der Waals surface area contributed by atoms with Crippen molar-refractivity contribution in [2.24, 2.45) is 4.99 Å². The lowest BCUT2D eigenvalue weighted by molar-refractivity contribution is 0.795. The highest BCUT2D eigenvalue weighted by Gasteiger charge is 2.03. The number of thioether (sulfide) groups is 1. The van der Waals surface area contributed by atoms with Gasteiger partial charge in [-0.05, 0) is 24.8 Å². The highest BCUT2D eigenvalue weighted by Crippen LogP contribution is 2.15. The van der Waals surface area contributed by atoms with Crippen LogP contribution in [0.2, 0.25) is 5.02 Å². The van der Waals surface area contributed by atoms with Crippen LogP contribution in [0.1, 0.15) is 19.4 Å². The van der Waals surface area contributed by atoms with Crippen LogP contribution in [-0.2, 0) is 6.54 Å². The van der Waals surface area contributed by atoms with Crippen LogP contribution < -0.4 is 10.6 Å². The second-order valence-corrected chi connectivity index (χ2v) is 5.90. The molecule has 0 bridgehead atoms. The van der Waals surface area contributed by atoms with E-state index in [1.165, 1.54) is 0 Å². The van der Waals surface area contributed by atoms with Crippen molar-refractivity contribution in [2.75, 3.05) is 19.3 Å². The van der Waals surface area contributed by atoms with Crippen molar-refractivity contribution >= 4 is 53.3 Å². The fourth-order valence-corrected chi connectivity index (χ4v) is 1.90. The number of hydrogen-bond donors (Lipinski definition) is 2. The normalized spacial score (nSPS) is 12.5. The van der Waals surface area contributed by atoms with Crippen LogP contribution in [-0.4, -0.2) is 30.6 Å². The standard InChI is InChI=1S/C14H22ClN3S.HI/c1-4-16-14(17-9-11(2)19-3)18-10-12-7-5-6-8-13(12)15;/h5-8,11H,4,9-10H2,1-3H3,(H2,16,17,18);1H. The minimum absolute atomic E-state index is 0. The third-order valence-corrected chi connectivity index (χ3v) is 4.01. The van der Waals surface area contributed by atoms with Gasteiger partial charge in [0.1, 0.15) is 0 Å². The van der Waals surface area contributed by atoms with Gasteiger partial charge in [0.05, 0.1) is 6.54 Å². The van der Waals surface area contributed by atoms with Crippen molar-refractivity contribution in [3.63, 3.8) is 0 Å². The quantitative estimate of drug-likeness (QED) is 0.412. The molecule has 0 aliphatic rings. The van der Waals surface area contributed by atoms with Crippen LogP contribution in [0.4, 0.5) is 0 Å². The topological polar surface area (TPSA) is 36.4 Å².